The smallest absolute Gasteiger partial charge is 0.150 e. The van der Waals surface area contributed by atoms with Crippen molar-refractivity contribution in [3.05, 3.63) is 0 Å². The molecule has 0 aromatic heterocycles. The number of carbonyl (C=O) groups is 1. The highest BCUT2D eigenvalue weighted by Crippen LogP contribution is 2.51. The summed E-state index contributed by atoms with van der Waals surface area (Å²) in [7, 11) is 0. The van der Waals surface area contributed by atoms with Crippen molar-refractivity contribution in [3.8, 4) is 0 Å². The fourth-order valence-corrected chi connectivity index (χ4v) is 4.93. The number of Topliss-reactive ketones (excluding diaryl/α,β-unsaturated/α-hetero) is 1. The van der Waals surface area contributed by atoms with E-state index in [0.29, 0.717) is 32.0 Å². The highest BCUT2D eigenvalue weighted by atomic mass is 16.4. The highest BCUT2D eigenvalue weighted by molar-refractivity contribution is 5.93. The van der Waals surface area contributed by atoms with Crippen LogP contribution in [0.25, 0.3) is 0 Å². The molecule has 23 heavy (non-hydrogen) atoms. The number of ketones is 1. The van der Waals surface area contributed by atoms with Crippen LogP contribution >= 0.6 is 0 Å². The van der Waals surface area contributed by atoms with E-state index >= 15 is 0 Å². The molecule has 0 saturated carbocycles. The van der Waals surface area contributed by atoms with Crippen LogP contribution in [0.2, 0.25) is 0 Å². The third-order valence-electron chi connectivity index (χ3n) is 6.32. The molecule has 4 rings (SSSR count). The Kier molecular flexibility index (Phi) is 4.32. The van der Waals surface area contributed by atoms with Crippen LogP contribution in [0.3, 0.4) is 0 Å². The molecule has 0 radical (unpaired) electrons. The maximum Gasteiger partial charge on any atom is 0.150 e. The lowest BCUT2D eigenvalue weighted by atomic mass is 9.58. The second-order valence-electron chi connectivity index (χ2n) is 7.55. The molecular formula is C16H28N2O5. The van der Waals surface area contributed by atoms with Crippen molar-refractivity contribution in [2.75, 3.05) is 32.8 Å². The summed E-state index contributed by atoms with van der Waals surface area (Å²) in [5.41, 5.74) is -0.771. The lowest BCUT2D eigenvalue weighted by Gasteiger charge is -2.67. The summed E-state index contributed by atoms with van der Waals surface area (Å²) < 4.78 is 0. The first-order chi connectivity index (χ1) is 10.8. The van der Waals surface area contributed by atoms with E-state index in [2.05, 4.69) is 9.80 Å². The fraction of sp³-hybridized carbons (Fsp3) is 0.938. The van der Waals surface area contributed by atoms with Gasteiger partial charge in [0.25, 0.3) is 0 Å². The van der Waals surface area contributed by atoms with Gasteiger partial charge in [-0.3, -0.25) is 14.6 Å². The van der Waals surface area contributed by atoms with E-state index in [9.17, 15) is 20.1 Å². The molecule has 0 aliphatic carbocycles. The van der Waals surface area contributed by atoms with Crippen LogP contribution in [0.4, 0.5) is 0 Å². The summed E-state index contributed by atoms with van der Waals surface area (Å²) in [5.74, 6) is 0.353. The van der Waals surface area contributed by atoms with Crippen molar-refractivity contribution in [1.82, 2.24) is 9.80 Å². The zero-order valence-corrected chi connectivity index (χ0v) is 13.9. The van der Waals surface area contributed by atoms with E-state index in [1.54, 1.807) is 0 Å². The predicted molar refractivity (Wildman–Crippen MR) is 82.5 cm³/mol. The summed E-state index contributed by atoms with van der Waals surface area (Å²) in [4.78, 5) is 17.2. The average molecular weight is 328 g/mol. The molecule has 4 heterocycles. The van der Waals surface area contributed by atoms with Gasteiger partial charge in [-0.15, -0.1) is 0 Å². The van der Waals surface area contributed by atoms with Crippen LogP contribution in [-0.2, 0) is 4.79 Å². The predicted octanol–water partition coefficient (Wildman–Crippen LogP) is -1.61. The quantitative estimate of drug-likeness (QED) is 0.465. The van der Waals surface area contributed by atoms with E-state index in [-0.39, 0.29) is 10.8 Å². The third kappa shape index (κ3) is 2.29. The molecule has 7 nitrogen and oxygen atoms in total. The van der Waals surface area contributed by atoms with E-state index in [4.69, 9.17) is 5.11 Å². The minimum absolute atomic E-state index is 0.353. The molecule has 0 aromatic carbocycles. The van der Waals surface area contributed by atoms with Crippen LogP contribution in [0, 0.1) is 10.8 Å². The molecule has 0 unspecified atom stereocenters. The molecule has 4 bridgehead atoms. The first-order valence-corrected chi connectivity index (χ1v) is 8.52. The number of hydrogen-bond donors (Lipinski definition) is 4. The van der Waals surface area contributed by atoms with Crippen molar-refractivity contribution < 1.29 is 25.2 Å². The SMILES string of the molecule is CCC12CN3CC(CC)(CN(C1)C3[C@H](O)[C@H](O)[C@@H](O)CO)C2=O. The summed E-state index contributed by atoms with van der Waals surface area (Å²) in [6.45, 7) is 5.82. The summed E-state index contributed by atoms with van der Waals surface area (Å²) in [5, 5.41) is 39.3. The van der Waals surface area contributed by atoms with E-state index in [1.165, 1.54) is 0 Å². The second-order valence-corrected chi connectivity index (χ2v) is 7.55. The third-order valence-corrected chi connectivity index (χ3v) is 6.32. The Morgan fingerprint density at radius 2 is 1.48 bits per heavy atom. The van der Waals surface area contributed by atoms with Gasteiger partial charge in [0, 0.05) is 26.2 Å². The normalized spacial score (nSPS) is 46.0. The Morgan fingerprint density at radius 1 is 1.04 bits per heavy atom. The molecule has 132 valence electrons. The van der Waals surface area contributed by atoms with Gasteiger partial charge in [0.2, 0.25) is 0 Å². The molecule has 0 aromatic rings. The standard InChI is InChI=1S/C16H28N2O5/c1-3-15-6-17-8-16(4-2,14(15)23)9-18(7-15)13(17)12(22)11(21)10(20)5-19/h10-13,19-22H,3-9H2,1-2H3/t10-,11+,12+,13?,15?,16?/m0/s1. The Bertz CT molecular complexity index is 443. The molecule has 4 aliphatic rings. The van der Waals surface area contributed by atoms with Gasteiger partial charge in [0.05, 0.1) is 23.6 Å². The molecule has 0 amide bonds. The monoisotopic (exact) mass is 328 g/mol. The van der Waals surface area contributed by atoms with Gasteiger partial charge in [0.1, 0.15) is 24.1 Å². The van der Waals surface area contributed by atoms with Gasteiger partial charge >= 0.3 is 0 Å². The van der Waals surface area contributed by atoms with Gasteiger partial charge in [0.15, 0.2) is 0 Å². The largest absolute Gasteiger partial charge is 0.394 e. The Labute approximate surface area is 136 Å². The molecule has 4 saturated heterocycles. The molecule has 3 atom stereocenters. The minimum atomic E-state index is -1.41. The van der Waals surface area contributed by atoms with E-state index in [1.807, 2.05) is 13.8 Å². The van der Waals surface area contributed by atoms with Crippen molar-refractivity contribution in [2.45, 2.75) is 51.2 Å². The van der Waals surface area contributed by atoms with E-state index in [0.717, 1.165) is 12.8 Å². The molecule has 0 spiro atoms. The Balaban J connectivity index is 1.88. The zero-order chi connectivity index (χ0) is 17.0. The number of piperidine rings is 2. The molecule has 4 N–H and O–H groups in total. The summed E-state index contributed by atoms with van der Waals surface area (Å²) in [6, 6.07) is 0. The number of aliphatic hydroxyl groups is 4. The molecular weight excluding hydrogens is 300 g/mol. The summed E-state index contributed by atoms with van der Waals surface area (Å²) >= 11 is 0. The van der Waals surface area contributed by atoms with Gasteiger partial charge < -0.3 is 20.4 Å². The minimum Gasteiger partial charge on any atom is -0.394 e. The highest BCUT2D eigenvalue weighted by Gasteiger charge is 2.65. The second kappa shape index (κ2) is 5.75. The van der Waals surface area contributed by atoms with Crippen LogP contribution in [0.5, 0.6) is 0 Å². The van der Waals surface area contributed by atoms with Crippen LogP contribution in [-0.4, -0.2) is 93.3 Å². The number of rotatable bonds is 6. The number of aliphatic hydroxyl groups excluding tert-OH is 4. The maximum absolute atomic E-state index is 13.0. The molecule has 7 heteroatoms. The number of carbonyl (C=O) groups excluding carboxylic acids is 1. The van der Waals surface area contributed by atoms with Crippen molar-refractivity contribution >= 4 is 5.78 Å². The van der Waals surface area contributed by atoms with Gasteiger partial charge in [-0.05, 0) is 12.8 Å². The average Bonchev–Trinajstić information content (AvgIpc) is 2.56. The van der Waals surface area contributed by atoms with Crippen LogP contribution in [0.1, 0.15) is 26.7 Å². The Morgan fingerprint density at radius 3 is 1.83 bits per heavy atom. The zero-order valence-electron chi connectivity index (χ0n) is 13.9. The first-order valence-electron chi connectivity index (χ1n) is 8.52. The van der Waals surface area contributed by atoms with Gasteiger partial charge in [-0.25, -0.2) is 0 Å². The first kappa shape index (κ1) is 17.3. The van der Waals surface area contributed by atoms with Crippen LogP contribution in [0.15, 0.2) is 0 Å². The van der Waals surface area contributed by atoms with E-state index < -0.39 is 31.1 Å². The molecule has 4 aliphatic heterocycles. The number of nitrogens with zero attached hydrogens (tertiary/aromatic N) is 2. The van der Waals surface area contributed by atoms with Crippen molar-refractivity contribution in [2.24, 2.45) is 10.8 Å². The van der Waals surface area contributed by atoms with Crippen molar-refractivity contribution in [3.63, 3.8) is 0 Å². The lowest BCUT2D eigenvalue weighted by molar-refractivity contribution is -0.231. The molecule has 4 fully saturated rings. The van der Waals surface area contributed by atoms with Crippen LogP contribution < -0.4 is 0 Å². The van der Waals surface area contributed by atoms with Gasteiger partial charge in [-0.2, -0.15) is 0 Å². The topological polar surface area (TPSA) is 104 Å². The Hall–Kier alpha value is -0.570. The number of hydrogen-bond acceptors (Lipinski definition) is 7. The summed E-state index contributed by atoms with van der Waals surface area (Å²) in [6.07, 6.45) is -2.84. The van der Waals surface area contributed by atoms with Gasteiger partial charge in [-0.1, -0.05) is 13.8 Å². The fourth-order valence-electron chi connectivity index (χ4n) is 4.93. The maximum atomic E-state index is 13.0. The van der Waals surface area contributed by atoms with Crippen molar-refractivity contribution in [1.29, 1.82) is 0 Å². The lowest BCUT2D eigenvalue weighted by Crippen LogP contribution is -2.81.